The average molecular weight is 305 g/mol. The third-order valence-corrected chi connectivity index (χ3v) is 3.81. The number of carbonyl (C=O) groups excluding carboxylic acids is 2. The van der Waals surface area contributed by atoms with Gasteiger partial charge in [0.1, 0.15) is 6.04 Å². The number of amides is 2. The molecule has 0 radical (unpaired) electrons. The van der Waals surface area contributed by atoms with E-state index in [0.717, 1.165) is 12.0 Å². The Labute approximate surface area is 132 Å². The van der Waals surface area contributed by atoms with Crippen molar-refractivity contribution in [2.45, 2.75) is 51.7 Å². The van der Waals surface area contributed by atoms with Gasteiger partial charge in [-0.3, -0.25) is 9.59 Å². The van der Waals surface area contributed by atoms with Crippen LogP contribution in [0.15, 0.2) is 30.3 Å². The van der Waals surface area contributed by atoms with Crippen molar-refractivity contribution in [2.24, 2.45) is 11.7 Å². The molecule has 0 aliphatic heterocycles. The highest BCUT2D eigenvalue weighted by Crippen LogP contribution is 2.09. The summed E-state index contributed by atoms with van der Waals surface area (Å²) in [4.78, 5) is 23.1. The van der Waals surface area contributed by atoms with E-state index in [0.29, 0.717) is 12.8 Å². The summed E-state index contributed by atoms with van der Waals surface area (Å²) in [6, 6.07) is 9.10. The van der Waals surface area contributed by atoms with E-state index in [1.165, 1.54) is 0 Å². The molecule has 0 saturated heterocycles. The summed E-state index contributed by atoms with van der Waals surface area (Å²) in [5.74, 6) is -0.174. The molecule has 1 aromatic carbocycles. The number of carbonyl (C=O) groups is 2. The number of hydrogen-bond donors (Lipinski definition) is 3. The van der Waals surface area contributed by atoms with Crippen LogP contribution in [0, 0.1) is 5.92 Å². The van der Waals surface area contributed by atoms with Crippen molar-refractivity contribution in [1.29, 1.82) is 0 Å². The second-order valence-corrected chi connectivity index (χ2v) is 5.88. The van der Waals surface area contributed by atoms with Crippen LogP contribution in [-0.2, 0) is 16.0 Å². The lowest BCUT2D eigenvalue weighted by Gasteiger charge is -2.28. The summed E-state index contributed by atoms with van der Waals surface area (Å²) in [6.07, 6.45) is 2.01. The fourth-order valence-electron chi connectivity index (χ4n) is 2.38. The molecule has 5 heteroatoms. The smallest absolute Gasteiger partial charge is 0.243 e. The van der Waals surface area contributed by atoms with Crippen molar-refractivity contribution in [1.82, 2.24) is 10.6 Å². The highest BCUT2D eigenvalue weighted by atomic mass is 16.2. The number of rotatable bonds is 9. The van der Waals surface area contributed by atoms with Crippen LogP contribution in [0.2, 0.25) is 0 Å². The van der Waals surface area contributed by atoms with Gasteiger partial charge in [-0.25, -0.2) is 0 Å². The fourth-order valence-corrected chi connectivity index (χ4v) is 2.38. The lowest BCUT2D eigenvalue weighted by molar-refractivity contribution is -0.127. The first-order chi connectivity index (χ1) is 10.5. The van der Waals surface area contributed by atoms with Gasteiger partial charge < -0.3 is 16.4 Å². The van der Waals surface area contributed by atoms with Gasteiger partial charge in [-0.2, -0.15) is 0 Å². The molecule has 0 aromatic heterocycles. The van der Waals surface area contributed by atoms with Crippen LogP contribution < -0.4 is 16.4 Å². The zero-order chi connectivity index (χ0) is 16.5. The first-order valence-corrected chi connectivity index (χ1v) is 7.79. The molecule has 2 amide bonds. The first kappa shape index (κ1) is 18.2. The quantitative estimate of drug-likeness (QED) is 0.600. The number of nitrogens with two attached hydrogens (primary N) is 1. The molecule has 4 N–H and O–H groups in total. The molecule has 1 aromatic rings. The van der Waals surface area contributed by atoms with E-state index in [2.05, 4.69) is 10.6 Å². The van der Waals surface area contributed by atoms with Crippen LogP contribution in [0.3, 0.4) is 0 Å². The van der Waals surface area contributed by atoms with Gasteiger partial charge in [0.25, 0.3) is 0 Å². The summed E-state index contributed by atoms with van der Waals surface area (Å²) in [5.41, 5.74) is 7.28. The van der Waals surface area contributed by atoms with E-state index in [-0.39, 0.29) is 23.9 Å². The Kier molecular flexibility index (Phi) is 7.60. The van der Waals surface area contributed by atoms with E-state index in [4.69, 9.17) is 5.73 Å². The lowest BCUT2D eigenvalue weighted by Crippen LogP contribution is -2.55. The van der Waals surface area contributed by atoms with Crippen LogP contribution >= 0.6 is 0 Å². The Morgan fingerprint density at radius 1 is 1.27 bits per heavy atom. The third kappa shape index (κ3) is 5.48. The first-order valence-electron chi connectivity index (χ1n) is 7.79. The van der Waals surface area contributed by atoms with Crippen LogP contribution in [0.1, 0.15) is 32.8 Å². The van der Waals surface area contributed by atoms with Crippen LogP contribution in [0.5, 0.6) is 0 Å². The topological polar surface area (TPSA) is 84.2 Å². The average Bonchev–Trinajstić information content (AvgIpc) is 2.51. The maximum atomic E-state index is 12.4. The van der Waals surface area contributed by atoms with Gasteiger partial charge in [0.15, 0.2) is 0 Å². The minimum atomic E-state index is -0.542. The second kappa shape index (κ2) is 9.20. The summed E-state index contributed by atoms with van der Waals surface area (Å²) in [7, 11) is 0. The second-order valence-electron chi connectivity index (χ2n) is 5.88. The van der Waals surface area contributed by atoms with Gasteiger partial charge in [0.05, 0.1) is 0 Å². The summed E-state index contributed by atoms with van der Waals surface area (Å²) < 4.78 is 0. The predicted molar refractivity (Wildman–Crippen MR) is 88.2 cm³/mol. The molecule has 122 valence electrons. The standard InChI is InChI=1S/C17H27N3O2/c1-4-14(18)15(10-13-8-6-5-7-9-13)20-17(22)16(12(2)3)19-11-21/h5-9,11-12,14-16H,4,10,18H2,1-3H3,(H,19,21)(H,20,22)/t14-,15?,16?/m0/s1. The van der Waals surface area contributed by atoms with E-state index >= 15 is 0 Å². The van der Waals surface area contributed by atoms with Crippen molar-refractivity contribution in [2.75, 3.05) is 0 Å². The molecule has 0 aliphatic carbocycles. The molecule has 2 unspecified atom stereocenters. The molecule has 5 nitrogen and oxygen atoms in total. The highest BCUT2D eigenvalue weighted by Gasteiger charge is 2.26. The Morgan fingerprint density at radius 2 is 1.91 bits per heavy atom. The fraction of sp³-hybridized carbons (Fsp3) is 0.529. The summed E-state index contributed by atoms with van der Waals surface area (Å²) in [6.45, 7) is 5.79. The zero-order valence-corrected chi connectivity index (χ0v) is 13.6. The Morgan fingerprint density at radius 3 is 2.41 bits per heavy atom. The van der Waals surface area contributed by atoms with Crippen molar-refractivity contribution in [3.05, 3.63) is 35.9 Å². The monoisotopic (exact) mass is 305 g/mol. The minimum Gasteiger partial charge on any atom is -0.350 e. The SMILES string of the molecule is CC[C@H](N)C(Cc1ccccc1)NC(=O)C(NC=O)C(C)C. The van der Waals surface area contributed by atoms with Gasteiger partial charge in [-0.15, -0.1) is 0 Å². The van der Waals surface area contributed by atoms with Crippen LogP contribution in [-0.4, -0.2) is 30.4 Å². The molecule has 0 bridgehead atoms. The molecule has 1 rings (SSSR count). The van der Waals surface area contributed by atoms with Crippen LogP contribution in [0.4, 0.5) is 0 Å². The molecule has 3 atom stereocenters. The molecular weight excluding hydrogens is 278 g/mol. The van der Waals surface area contributed by atoms with Gasteiger partial charge in [0, 0.05) is 12.1 Å². The minimum absolute atomic E-state index is 0.0143. The Balaban J connectivity index is 2.80. The number of nitrogens with one attached hydrogen (secondary N) is 2. The predicted octanol–water partition coefficient (Wildman–Crippen LogP) is 1.22. The van der Waals surface area contributed by atoms with Crippen LogP contribution in [0.25, 0.3) is 0 Å². The maximum Gasteiger partial charge on any atom is 0.243 e. The highest BCUT2D eigenvalue weighted by molar-refractivity contribution is 5.84. The van der Waals surface area contributed by atoms with E-state index in [1.807, 2.05) is 51.1 Å². The van der Waals surface area contributed by atoms with E-state index in [9.17, 15) is 9.59 Å². The van der Waals surface area contributed by atoms with Gasteiger partial charge >= 0.3 is 0 Å². The molecule has 0 aliphatic rings. The molecule has 0 heterocycles. The van der Waals surface area contributed by atoms with Crippen molar-refractivity contribution in [3.63, 3.8) is 0 Å². The van der Waals surface area contributed by atoms with Gasteiger partial charge in [-0.05, 0) is 24.3 Å². The van der Waals surface area contributed by atoms with Gasteiger partial charge in [-0.1, -0.05) is 51.1 Å². The number of hydrogen-bond acceptors (Lipinski definition) is 3. The van der Waals surface area contributed by atoms with E-state index in [1.54, 1.807) is 0 Å². The molecule has 0 spiro atoms. The largest absolute Gasteiger partial charge is 0.350 e. The van der Waals surface area contributed by atoms with E-state index < -0.39 is 6.04 Å². The summed E-state index contributed by atoms with van der Waals surface area (Å²) in [5, 5.41) is 5.57. The lowest BCUT2D eigenvalue weighted by atomic mass is 9.96. The maximum absolute atomic E-state index is 12.4. The third-order valence-electron chi connectivity index (χ3n) is 3.81. The molecule has 22 heavy (non-hydrogen) atoms. The number of benzene rings is 1. The van der Waals surface area contributed by atoms with Crippen molar-refractivity contribution in [3.8, 4) is 0 Å². The Bertz CT molecular complexity index is 462. The zero-order valence-electron chi connectivity index (χ0n) is 13.6. The normalized spacial score (nSPS) is 15.0. The van der Waals surface area contributed by atoms with Gasteiger partial charge in [0.2, 0.25) is 12.3 Å². The van der Waals surface area contributed by atoms with Crippen molar-refractivity contribution >= 4 is 12.3 Å². The molecule has 0 saturated carbocycles. The molecular formula is C17H27N3O2. The summed E-state index contributed by atoms with van der Waals surface area (Å²) >= 11 is 0. The molecule has 0 fully saturated rings. The van der Waals surface area contributed by atoms with Crippen molar-refractivity contribution < 1.29 is 9.59 Å². The Hall–Kier alpha value is -1.88.